The largest absolute Gasteiger partial charge is 0.376 e. The van der Waals surface area contributed by atoms with Crippen molar-refractivity contribution in [3.05, 3.63) is 68.9 Å². The number of amides is 1. The predicted octanol–water partition coefficient (Wildman–Crippen LogP) is 2.79. The lowest BCUT2D eigenvalue weighted by molar-refractivity contribution is -0.0225. The Balaban J connectivity index is 2.06. The van der Waals surface area contributed by atoms with E-state index >= 15 is 0 Å². The Morgan fingerprint density at radius 3 is 2.35 bits per heavy atom. The zero-order valence-electron chi connectivity index (χ0n) is 11.5. The molecule has 1 amide bonds. The van der Waals surface area contributed by atoms with Crippen LogP contribution in [-0.2, 0) is 12.2 Å². The fourth-order valence-electron chi connectivity index (χ4n) is 2.59. The molecule has 2 radical (unpaired) electrons. The van der Waals surface area contributed by atoms with Gasteiger partial charge in [-0.3, -0.25) is 4.79 Å². The van der Waals surface area contributed by atoms with Gasteiger partial charge in [-0.05, 0) is 24.3 Å². The molecule has 1 aliphatic rings. The SMILES string of the molecule is [B]C1(O)c2c(F)cccc2C(=O)N1Cc1c(F)cc(Br)cc1F. The normalized spacial score (nSPS) is 20.0. The molecule has 0 bridgehead atoms. The fourth-order valence-corrected chi connectivity index (χ4v) is 2.99. The summed E-state index contributed by atoms with van der Waals surface area (Å²) in [5, 5.41) is 10.3. The Kier molecular flexibility index (Phi) is 3.76. The third-order valence-corrected chi connectivity index (χ3v) is 4.15. The van der Waals surface area contributed by atoms with E-state index in [1.54, 1.807) is 0 Å². The summed E-state index contributed by atoms with van der Waals surface area (Å²) in [6.07, 6.45) is 0. The number of rotatable bonds is 2. The molecule has 1 aliphatic heterocycles. The summed E-state index contributed by atoms with van der Waals surface area (Å²) in [5.41, 5.74) is -3.52. The monoisotopic (exact) mass is 381 g/mol. The molecule has 0 aromatic heterocycles. The van der Waals surface area contributed by atoms with E-state index in [-0.39, 0.29) is 10.0 Å². The molecular weight excluding hydrogens is 374 g/mol. The molecule has 23 heavy (non-hydrogen) atoms. The highest BCUT2D eigenvalue weighted by molar-refractivity contribution is 9.10. The molecule has 2 aromatic rings. The van der Waals surface area contributed by atoms with Crippen LogP contribution in [0, 0.1) is 17.5 Å². The number of carbonyl (C=O) groups excluding carboxylic acids is 1. The van der Waals surface area contributed by atoms with Gasteiger partial charge in [-0.15, -0.1) is 0 Å². The van der Waals surface area contributed by atoms with Crippen LogP contribution in [0.5, 0.6) is 0 Å². The Bertz CT molecular complexity index is 805. The Hall–Kier alpha value is -1.80. The van der Waals surface area contributed by atoms with Crippen LogP contribution in [0.3, 0.4) is 0 Å². The molecule has 0 saturated carbocycles. The predicted molar refractivity (Wildman–Crippen MR) is 80.0 cm³/mol. The number of hydrogen-bond acceptors (Lipinski definition) is 2. The molecule has 0 fully saturated rings. The van der Waals surface area contributed by atoms with Gasteiger partial charge in [0.05, 0.1) is 6.54 Å². The summed E-state index contributed by atoms with van der Waals surface area (Å²) in [4.78, 5) is 12.9. The second-order valence-corrected chi connectivity index (χ2v) is 6.04. The highest BCUT2D eigenvalue weighted by Gasteiger charge is 2.46. The van der Waals surface area contributed by atoms with Crippen LogP contribution in [0.25, 0.3) is 0 Å². The number of nitrogens with zero attached hydrogens (tertiary/aromatic N) is 1. The Labute approximate surface area is 139 Å². The zero-order valence-corrected chi connectivity index (χ0v) is 13.1. The summed E-state index contributed by atoms with van der Waals surface area (Å²) < 4.78 is 42.0. The van der Waals surface area contributed by atoms with Crippen LogP contribution in [-0.4, -0.2) is 23.8 Å². The molecule has 8 heteroatoms. The summed E-state index contributed by atoms with van der Waals surface area (Å²) in [7, 11) is 5.67. The first-order valence-corrected chi connectivity index (χ1v) is 7.28. The molecule has 1 heterocycles. The van der Waals surface area contributed by atoms with Gasteiger partial charge in [0.2, 0.25) is 0 Å². The average molecular weight is 382 g/mol. The van der Waals surface area contributed by atoms with E-state index in [9.17, 15) is 23.1 Å². The van der Waals surface area contributed by atoms with Gasteiger partial charge < -0.3 is 10.0 Å². The first-order chi connectivity index (χ1) is 10.7. The molecule has 0 aliphatic carbocycles. The van der Waals surface area contributed by atoms with E-state index < -0.39 is 46.7 Å². The summed E-state index contributed by atoms with van der Waals surface area (Å²) >= 11 is 2.94. The van der Waals surface area contributed by atoms with Crippen molar-refractivity contribution >= 4 is 29.7 Å². The van der Waals surface area contributed by atoms with Crippen molar-refractivity contribution in [2.75, 3.05) is 0 Å². The van der Waals surface area contributed by atoms with Crippen LogP contribution in [0.15, 0.2) is 34.8 Å². The van der Waals surface area contributed by atoms with Crippen molar-refractivity contribution in [1.29, 1.82) is 0 Å². The molecule has 0 saturated heterocycles. The van der Waals surface area contributed by atoms with E-state index in [4.69, 9.17) is 7.85 Å². The maximum Gasteiger partial charge on any atom is 0.256 e. The highest BCUT2D eigenvalue weighted by atomic mass is 79.9. The van der Waals surface area contributed by atoms with Crippen molar-refractivity contribution in [2.24, 2.45) is 0 Å². The standard InChI is InChI=1S/C15H8BBrF3NO2/c16-15(23)13-8(2-1-3-10(13)18)14(22)21(15)6-9-11(19)4-7(17)5-12(9)20/h1-5,23H,6H2. The minimum atomic E-state index is -2.50. The van der Waals surface area contributed by atoms with E-state index in [0.717, 1.165) is 18.2 Å². The number of halogens is 4. The number of hydrogen-bond donors (Lipinski definition) is 1. The van der Waals surface area contributed by atoms with Gasteiger partial charge in [-0.2, -0.15) is 0 Å². The lowest BCUT2D eigenvalue weighted by atomic mass is 9.83. The molecular formula is C15H8BBrF3NO2. The van der Waals surface area contributed by atoms with Crippen LogP contribution in [0.2, 0.25) is 0 Å². The maximum atomic E-state index is 13.9. The van der Waals surface area contributed by atoms with Crippen molar-refractivity contribution in [1.82, 2.24) is 4.90 Å². The quantitative estimate of drug-likeness (QED) is 0.812. The van der Waals surface area contributed by atoms with E-state index in [2.05, 4.69) is 15.9 Å². The molecule has 2 aromatic carbocycles. The molecule has 3 rings (SSSR count). The van der Waals surface area contributed by atoms with E-state index in [1.807, 2.05) is 0 Å². The van der Waals surface area contributed by atoms with Crippen LogP contribution in [0.4, 0.5) is 13.2 Å². The number of fused-ring (bicyclic) bond motifs is 1. The molecule has 116 valence electrons. The van der Waals surface area contributed by atoms with Crippen molar-refractivity contribution in [3.8, 4) is 0 Å². The Morgan fingerprint density at radius 1 is 1.17 bits per heavy atom. The van der Waals surface area contributed by atoms with Gasteiger partial charge in [-0.25, -0.2) is 13.2 Å². The maximum absolute atomic E-state index is 13.9. The van der Waals surface area contributed by atoms with Crippen molar-refractivity contribution in [3.63, 3.8) is 0 Å². The zero-order chi connectivity index (χ0) is 16.9. The summed E-state index contributed by atoms with van der Waals surface area (Å²) in [6, 6.07) is 5.64. The lowest BCUT2D eigenvalue weighted by Crippen LogP contribution is -2.44. The third-order valence-electron chi connectivity index (χ3n) is 3.69. The topological polar surface area (TPSA) is 40.5 Å². The molecule has 1 N–H and O–H groups in total. The number of carbonyl (C=O) groups is 1. The van der Waals surface area contributed by atoms with Gasteiger partial charge in [0.1, 0.15) is 23.1 Å². The third kappa shape index (κ3) is 2.46. The molecule has 0 spiro atoms. The van der Waals surface area contributed by atoms with E-state index in [1.165, 1.54) is 12.1 Å². The van der Waals surface area contributed by atoms with Crippen molar-refractivity contribution in [2.45, 2.75) is 12.2 Å². The molecule has 1 unspecified atom stereocenters. The summed E-state index contributed by atoms with van der Waals surface area (Å²) in [5.74, 6) is -3.53. The van der Waals surface area contributed by atoms with Gasteiger partial charge in [0.25, 0.3) is 5.91 Å². The van der Waals surface area contributed by atoms with Gasteiger partial charge >= 0.3 is 0 Å². The van der Waals surface area contributed by atoms with Crippen LogP contribution < -0.4 is 0 Å². The first-order valence-electron chi connectivity index (χ1n) is 6.49. The van der Waals surface area contributed by atoms with Crippen LogP contribution in [0.1, 0.15) is 21.5 Å². The van der Waals surface area contributed by atoms with E-state index in [0.29, 0.717) is 4.90 Å². The Morgan fingerprint density at radius 2 is 1.78 bits per heavy atom. The minimum absolute atomic E-state index is 0.145. The molecule has 1 atom stereocenters. The van der Waals surface area contributed by atoms with Gasteiger partial charge in [0, 0.05) is 21.2 Å². The average Bonchev–Trinajstić information content (AvgIpc) is 2.63. The van der Waals surface area contributed by atoms with Crippen LogP contribution >= 0.6 is 15.9 Å². The second kappa shape index (κ2) is 5.38. The van der Waals surface area contributed by atoms with Crippen molar-refractivity contribution < 1.29 is 23.1 Å². The number of aliphatic hydroxyl groups is 1. The summed E-state index contributed by atoms with van der Waals surface area (Å²) in [6.45, 7) is -0.648. The fraction of sp³-hybridized carbons (Fsp3) is 0.133. The molecule has 3 nitrogen and oxygen atoms in total. The number of benzene rings is 2. The lowest BCUT2D eigenvalue weighted by Gasteiger charge is -2.32. The second-order valence-electron chi connectivity index (χ2n) is 5.13. The highest BCUT2D eigenvalue weighted by Crippen LogP contribution is 2.38. The smallest absolute Gasteiger partial charge is 0.256 e. The minimum Gasteiger partial charge on any atom is -0.376 e. The van der Waals surface area contributed by atoms with Gasteiger partial charge in [0.15, 0.2) is 7.85 Å². The van der Waals surface area contributed by atoms with Gasteiger partial charge in [-0.1, -0.05) is 22.0 Å². The first kappa shape index (κ1) is 16.1.